The number of allylic oxidation sites excluding steroid dienone is 1. The van der Waals surface area contributed by atoms with Crippen LogP contribution in [0.1, 0.15) is 50.7 Å². The molecule has 202 valence electrons. The highest BCUT2D eigenvalue weighted by atomic mass is 19.4. The van der Waals surface area contributed by atoms with Crippen molar-refractivity contribution in [1.82, 2.24) is 25.5 Å². The van der Waals surface area contributed by atoms with Gasteiger partial charge >= 0.3 is 6.18 Å². The summed E-state index contributed by atoms with van der Waals surface area (Å²) in [5.41, 5.74) is -3.09. The molecule has 2 atom stereocenters. The van der Waals surface area contributed by atoms with Crippen LogP contribution < -0.4 is 10.6 Å². The molecule has 1 aliphatic carbocycles. The molecule has 2 aliphatic heterocycles. The molecule has 0 spiro atoms. The lowest BCUT2D eigenvalue weighted by atomic mass is 9.86. The second kappa shape index (κ2) is 8.78. The average Bonchev–Trinajstić information content (AvgIpc) is 3.48. The number of pyridine rings is 1. The van der Waals surface area contributed by atoms with Crippen LogP contribution in [0.5, 0.6) is 0 Å². The number of alkyl halides is 4. The molecule has 0 aromatic carbocycles. The van der Waals surface area contributed by atoms with Crippen LogP contribution in [0.4, 0.5) is 17.6 Å². The number of aromatic amines is 1. The van der Waals surface area contributed by atoms with Gasteiger partial charge in [0.15, 0.2) is 5.79 Å². The first-order valence-corrected chi connectivity index (χ1v) is 12.3. The molecule has 1 saturated heterocycles. The normalized spacial score (nSPS) is 25.2. The molecule has 0 bridgehead atoms. The second-order valence-electron chi connectivity index (χ2n) is 10.4. The van der Waals surface area contributed by atoms with Crippen LogP contribution in [0.15, 0.2) is 29.0 Å². The predicted molar refractivity (Wildman–Crippen MR) is 130 cm³/mol. The minimum absolute atomic E-state index is 0.0588. The number of hydrogen-bond acceptors (Lipinski definition) is 7. The summed E-state index contributed by atoms with van der Waals surface area (Å²) in [6.07, 6.45) is -0.142. The monoisotopic (exact) mass is 533 g/mol. The van der Waals surface area contributed by atoms with Crippen molar-refractivity contribution in [3.63, 3.8) is 0 Å². The Hall–Kier alpha value is -3.50. The summed E-state index contributed by atoms with van der Waals surface area (Å²) in [7, 11) is 0. The Balaban J connectivity index is 1.35. The fourth-order valence-corrected chi connectivity index (χ4v) is 5.03. The smallest absolute Gasteiger partial charge is 0.380 e. The van der Waals surface area contributed by atoms with Gasteiger partial charge in [0.25, 0.3) is 5.91 Å². The number of halogens is 4. The number of rotatable bonds is 5. The highest BCUT2D eigenvalue weighted by Crippen LogP contribution is 2.40. The van der Waals surface area contributed by atoms with E-state index in [1.807, 2.05) is 6.07 Å². The standard InChI is InChI=1S/C25H27F4N7O2/c1-14(23(26)5-7-36(8-6-23)21(37)24(38)3-4-24)34-22(2)33-11-15(10-30)19(35-22)18-13-32-20-17(18)9-16(12-31-20)25(27,28)29/h9,11-14,34-35,38H,3-8H2,1-2H3,(H,31,32). The van der Waals surface area contributed by atoms with Gasteiger partial charge in [0.2, 0.25) is 0 Å². The Morgan fingerprint density at radius 1 is 1.29 bits per heavy atom. The fraction of sp³-hybridized carbons (Fsp3) is 0.520. The molecule has 38 heavy (non-hydrogen) atoms. The molecule has 4 N–H and O–H groups in total. The lowest BCUT2D eigenvalue weighted by Gasteiger charge is -2.44. The van der Waals surface area contributed by atoms with E-state index in [0.717, 1.165) is 12.3 Å². The van der Waals surface area contributed by atoms with E-state index in [4.69, 9.17) is 0 Å². The number of aromatic nitrogens is 2. The van der Waals surface area contributed by atoms with Crippen LogP contribution in [-0.2, 0) is 11.0 Å². The number of carbonyl (C=O) groups is 1. The molecule has 3 aliphatic rings. The van der Waals surface area contributed by atoms with Crippen LogP contribution in [-0.4, -0.2) is 68.3 Å². The highest BCUT2D eigenvalue weighted by molar-refractivity contribution is 6.01. The molecule has 13 heteroatoms. The number of carbonyl (C=O) groups excluding carboxylic acids is 1. The maximum absolute atomic E-state index is 16.0. The van der Waals surface area contributed by atoms with Gasteiger partial charge in [-0.25, -0.2) is 14.4 Å². The van der Waals surface area contributed by atoms with Gasteiger partial charge < -0.3 is 20.3 Å². The second-order valence-corrected chi connectivity index (χ2v) is 10.4. The zero-order valence-electron chi connectivity index (χ0n) is 20.8. The number of aliphatic hydroxyl groups is 1. The van der Waals surface area contributed by atoms with Crippen LogP contribution in [0.25, 0.3) is 16.7 Å². The van der Waals surface area contributed by atoms with E-state index in [1.54, 1.807) is 13.8 Å². The third kappa shape index (κ3) is 4.63. The zero-order chi connectivity index (χ0) is 27.5. The predicted octanol–water partition coefficient (Wildman–Crippen LogP) is 3.00. The van der Waals surface area contributed by atoms with Crippen molar-refractivity contribution in [2.75, 3.05) is 13.1 Å². The third-order valence-corrected chi connectivity index (χ3v) is 7.61. The van der Waals surface area contributed by atoms with E-state index in [2.05, 4.69) is 25.6 Å². The largest absolute Gasteiger partial charge is 0.417 e. The average molecular weight is 534 g/mol. The van der Waals surface area contributed by atoms with Crippen molar-refractivity contribution in [3.8, 4) is 6.07 Å². The summed E-state index contributed by atoms with van der Waals surface area (Å²) in [5.74, 6) is -1.64. The molecule has 2 aromatic heterocycles. The van der Waals surface area contributed by atoms with E-state index in [9.17, 15) is 28.3 Å². The number of nitrogens with one attached hydrogen (secondary N) is 3. The van der Waals surface area contributed by atoms with Gasteiger partial charge in [0.05, 0.1) is 16.8 Å². The minimum atomic E-state index is -4.60. The van der Waals surface area contributed by atoms with Crippen molar-refractivity contribution in [2.24, 2.45) is 4.99 Å². The Morgan fingerprint density at radius 3 is 2.58 bits per heavy atom. The van der Waals surface area contributed by atoms with Crippen LogP contribution in [0, 0.1) is 11.3 Å². The van der Waals surface area contributed by atoms with Gasteiger partial charge in [-0.05, 0) is 32.8 Å². The summed E-state index contributed by atoms with van der Waals surface area (Å²) >= 11 is 0. The number of piperidine rings is 1. The first-order chi connectivity index (χ1) is 17.8. The Kier molecular flexibility index (Phi) is 6.03. The Morgan fingerprint density at radius 2 is 1.97 bits per heavy atom. The van der Waals surface area contributed by atoms with Crippen LogP contribution in [0.3, 0.4) is 0 Å². The maximum Gasteiger partial charge on any atom is 0.417 e. The number of nitrogens with zero attached hydrogens (tertiary/aromatic N) is 4. The molecule has 2 aromatic rings. The van der Waals surface area contributed by atoms with Gasteiger partial charge in [-0.15, -0.1) is 0 Å². The lowest BCUT2D eigenvalue weighted by Crippen LogP contribution is -2.63. The van der Waals surface area contributed by atoms with Crippen molar-refractivity contribution in [3.05, 3.63) is 35.2 Å². The minimum Gasteiger partial charge on any atom is -0.380 e. The van der Waals surface area contributed by atoms with Gasteiger partial charge in [-0.3, -0.25) is 10.1 Å². The third-order valence-electron chi connectivity index (χ3n) is 7.61. The van der Waals surface area contributed by atoms with E-state index in [0.29, 0.717) is 18.4 Å². The molecule has 4 heterocycles. The number of hydrogen-bond donors (Lipinski definition) is 4. The van der Waals surface area contributed by atoms with Crippen molar-refractivity contribution >= 4 is 28.9 Å². The molecule has 5 rings (SSSR count). The summed E-state index contributed by atoms with van der Waals surface area (Å²) in [6, 6.07) is 2.21. The number of nitriles is 1. The number of H-pyrrole nitrogens is 1. The SMILES string of the molecule is CC(NC1(C)N=CC(C#N)=C(c2c[nH]c3ncc(C(F)(F)F)cc23)N1)C1(F)CCN(C(=O)C2(O)CC2)CC1. The number of fused-ring (bicyclic) bond motifs is 1. The number of likely N-dealkylation sites (tertiary alicyclic amines) is 1. The molecule has 1 amide bonds. The van der Waals surface area contributed by atoms with E-state index in [1.165, 1.54) is 17.3 Å². The molecule has 9 nitrogen and oxygen atoms in total. The van der Waals surface area contributed by atoms with Crippen LogP contribution in [0.2, 0.25) is 0 Å². The first-order valence-electron chi connectivity index (χ1n) is 12.3. The lowest BCUT2D eigenvalue weighted by molar-refractivity contribution is -0.145. The molecule has 1 saturated carbocycles. The van der Waals surface area contributed by atoms with Gasteiger partial charge in [-0.2, -0.15) is 18.4 Å². The number of amides is 1. The molecule has 2 unspecified atom stereocenters. The molecular formula is C25H27F4N7O2. The first kappa shape index (κ1) is 26.1. The van der Waals surface area contributed by atoms with Crippen LogP contribution >= 0.6 is 0 Å². The molecular weight excluding hydrogens is 506 g/mol. The fourth-order valence-electron chi connectivity index (χ4n) is 5.03. The van der Waals surface area contributed by atoms with E-state index < -0.39 is 34.8 Å². The van der Waals surface area contributed by atoms with Crippen molar-refractivity contribution < 1.29 is 27.5 Å². The van der Waals surface area contributed by atoms with Crippen molar-refractivity contribution in [2.45, 2.75) is 68.8 Å². The van der Waals surface area contributed by atoms with Gasteiger partial charge in [-0.1, -0.05) is 0 Å². The van der Waals surface area contributed by atoms with Gasteiger partial charge in [0.1, 0.15) is 23.0 Å². The summed E-state index contributed by atoms with van der Waals surface area (Å²) < 4.78 is 55.9. The summed E-state index contributed by atoms with van der Waals surface area (Å²) in [5, 5.41) is 26.1. The topological polar surface area (TPSA) is 129 Å². The van der Waals surface area contributed by atoms with E-state index >= 15 is 4.39 Å². The summed E-state index contributed by atoms with van der Waals surface area (Å²) in [6.45, 7) is 3.63. The Bertz CT molecular complexity index is 1380. The molecule has 2 fully saturated rings. The maximum atomic E-state index is 16.0. The van der Waals surface area contributed by atoms with E-state index in [-0.39, 0.29) is 54.1 Å². The van der Waals surface area contributed by atoms with Crippen molar-refractivity contribution in [1.29, 1.82) is 5.26 Å². The Labute approximate surface area is 215 Å². The zero-order valence-corrected chi connectivity index (χ0v) is 20.8. The number of aliphatic imine (C=N–C) groups is 1. The summed E-state index contributed by atoms with van der Waals surface area (Å²) in [4.78, 5) is 25.0. The quantitative estimate of drug-likeness (QED) is 0.438. The van der Waals surface area contributed by atoms with Gasteiger partial charge in [0, 0.05) is 61.5 Å². The molecule has 0 radical (unpaired) electrons. The highest BCUT2D eigenvalue weighted by Gasteiger charge is 2.52.